The molecule has 3 N–H and O–H groups in total. The highest BCUT2D eigenvalue weighted by molar-refractivity contribution is 6.33. The van der Waals surface area contributed by atoms with Crippen molar-refractivity contribution in [3.05, 3.63) is 51.8 Å². The van der Waals surface area contributed by atoms with E-state index in [0.717, 1.165) is 6.07 Å². The Hall–Kier alpha value is -2.51. The van der Waals surface area contributed by atoms with Gasteiger partial charge in [0.05, 0.1) is 23.5 Å². The molecule has 2 rings (SSSR count). The van der Waals surface area contributed by atoms with Gasteiger partial charge in [0, 0.05) is 11.1 Å². The number of methoxy groups -OCH3 is 1. The van der Waals surface area contributed by atoms with Gasteiger partial charge in [0.15, 0.2) is 6.61 Å². The first-order valence-corrected chi connectivity index (χ1v) is 7.62. The quantitative estimate of drug-likeness (QED) is 0.605. The van der Waals surface area contributed by atoms with Crippen LogP contribution in [0.3, 0.4) is 0 Å². The Labute approximate surface area is 152 Å². The minimum atomic E-state index is -0.847. The van der Waals surface area contributed by atoms with Crippen molar-refractivity contribution in [1.29, 1.82) is 0 Å². The molecule has 2 aromatic rings. The van der Waals surface area contributed by atoms with Crippen LogP contribution >= 0.6 is 23.2 Å². The van der Waals surface area contributed by atoms with Gasteiger partial charge in [-0.2, -0.15) is 0 Å². The van der Waals surface area contributed by atoms with Crippen LogP contribution in [-0.4, -0.2) is 25.6 Å². The Morgan fingerprint density at radius 1 is 1.24 bits per heavy atom. The van der Waals surface area contributed by atoms with E-state index < -0.39 is 24.3 Å². The number of halogens is 3. The normalized spacial score (nSPS) is 10.2. The molecule has 0 aromatic heterocycles. The first-order chi connectivity index (χ1) is 11.8. The summed E-state index contributed by atoms with van der Waals surface area (Å²) in [5.74, 6) is -2.11. The molecule has 0 atom stereocenters. The fraction of sp³-hybridized carbons (Fsp3) is 0.125. The monoisotopic (exact) mass is 386 g/mol. The number of carbonyl (C=O) groups is 2. The molecule has 2 aromatic carbocycles. The zero-order chi connectivity index (χ0) is 18.6. The second kappa shape index (κ2) is 8.04. The van der Waals surface area contributed by atoms with Crippen LogP contribution in [0.2, 0.25) is 10.0 Å². The van der Waals surface area contributed by atoms with Crippen molar-refractivity contribution in [2.45, 2.75) is 0 Å². The SMILES string of the molecule is COc1cc(N)c(Cl)cc1C(=O)OCC(=O)Nc1cc(Cl)ccc1F. The highest BCUT2D eigenvalue weighted by Gasteiger charge is 2.18. The van der Waals surface area contributed by atoms with Gasteiger partial charge in [0.1, 0.15) is 17.1 Å². The topological polar surface area (TPSA) is 90.7 Å². The molecule has 0 fully saturated rings. The maximum absolute atomic E-state index is 13.6. The number of nitrogens with one attached hydrogen (secondary N) is 1. The molecule has 25 heavy (non-hydrogen) atoms. The molecule has 6 nitrogen and oxygen atoms in total. The molecular weight excluding hydrogens is 374 g/mol. The fourth-order valence-electron chi connectivity index (χ4n) is 1.89. The number of amides is 1. The number of ether oxygens (including phenoxy) is 2. The Morgan fingerprint density at radius 2 is 1.96 bits per heavy atom. The van der Waals surface area contributed by atoms with Gasteiger partial charge in [0.25, 0.3) is 5.91 Å². The summed E-state index contributed by atoms with van der Waals surface area (Å²) in [6.07, 6.45) is 0. The third-order valence-corrected chi connectivity index (χ3v) is 3.64. The average Bonchev–Trinajstić information content (AvgIpc) is 2.58. The van der Waals surface area contributed by atoms with Crippen LogP contribution in [0.15, 0.2) is 30.3 Å². The number of hydrogen-bond acceptors (Lipinski definition) is 5. The summed E-state index contributed by atoms with van der Waals surface area (Å²) < 4.78 is 23.5. The second-order valence-electron chi connectivity index (χ2n) is 4.82. The van der Waals surface area contributed by atoms with E-state index in [9.17, 15) is 14.0 Å². The van der Waals surface area contributed by atoms with Crippen molar-refractivity contribution in [1.82, 2.24) is 0 Å². The zero-order valence-corrected chi connectivity index (χ0v) is 14.4. The lowest BCUT2D eigenvalue weighted by Gasteiger charge is -2.11. The molecule has 132 valence electrons. The lowest BCUT2D eigenvalue weighted by atomic mass is 10.2. The van der Waals surface area contributed by atoms with Crippen LogP contribution in [0, 0.1) is 5.82 Å². The van der Waals surface area contributed by atoms with Gasteiger partial charge in [0.2, 0.25) is 0 Å². The summed E-state index contributed by atoms with van der Waals surface area (Å²) in [5, 5.41) is 2.64. The molecule has 0 saturated heterocycles. The predicted molar refractivity (Wildman–Crippen MR) is 92.7 cm³/mol. The smallest absolute Gasteiger partial charge is 0.342 e. The van der Waals surface area contributed by atoms with Gasteiger partial charge in [-0.15, -0.1) is 0 Å². The third-order valence-electron chi connectivity index (χ3n) is 3.08. The Bertz CT molecular complexity index is 830. The number of benzene rings is 2. The van der Waals surface area contributed by atoms with Crippen molar-refractivity contribution >= 4 is 46.5 Å². The molecule has 9 heteroatoms. The highest BCUT2D eigenvalue weighted by Crippen LogP contribution is 2.29. The van der Waals surface area contributed by atoms with Crippen molar-refractivity contribution in [2.24, 2.45) is 0 Å². The van der Waals surface area contributed by atoms with Crippen LogP contribution in [0.4, 0.5) is 15.8 Å². The van der Waals surface area contributed by atoms with E-state index in [0.29, 0.717) is 0 Å². The minimum absolute atomic E-state index is 0.00318. The van der Waals surface area contributed by atoms with E-state index in [4.69, 9.17) is 38.4 Å². The third kappa shape index (κ3) is 4.74. The molecular formula is C16H13Cl2FN2O4. The standard InChI is InChI=1S/C16H13Cl2FN2O4/c1-24-14-6-12(20)10(18)5-9(14)16(23)25-7-15(22)21-13-4-8(17)2-3-11(13)19/h2-6H,7,20H2,1H3,(H,21,22). The summed E-state index contributed by atoms with van der Waals surface area (Å²) in [4.78, 5) is 23.9. The second-order valence-corrected chi connectivity index (χ2v) is 5.67. The maximum atomic E-state index is 13.6. The van der Waals surface area contributed by atoms with Crippen LogP contribution in [0.1, 0.15) is 10.4 Å². The minimum Gasteiger partial charge on any atom is -0.496 e. The number of esters is 1. The molecule has 0 bridgehead atoms. The van der Waals surface area contributed by atoms with Gasteiger partial charge < -0.3 is 20.5 Å². The van der Waals surface area contributed by atoms with Crippen molar-refractivity contribution in [3.8, 4) is 5.75 Å². The highest BCUT2D eigenvalue weighted by atomic mass is 35.5. The lowest BCUT2D eigenvalue weighted by molar-refractivity contribution is -0.119. The van der Waals surface area contributed by atoms with Crippen molar-refractivity contribution in [3.63, 3.8) is 0 Å². The average molecular weight is 387 g/mol. The van der Waals surface area contributed by atoms with E-state index in [1.807, 2.05) is 0 Å². The largest absolute Gasteiger partial charge is 0.496 e. The predicted octanol–water partition coefficient (Wildman–Crippen LogP) is 3.52. The van der Waals surface area contributed by atoms with E-state index in [2.05, 4.69) is 5.32 Å². The molecule has 0 aliphatic carbocycles. The van der Waals surface area contributed by atoms with Gasteiger partial charge in [-0.1, -0.05) is 23.2 Å². The summed E-state index contributed by atoms with van der Waals surface area (Å²) >= 11 is 11.6. The first kappa shape index (κ1) is 18.8. The maximum Gasteiger partial charge on any atom is 0.342 e. The lowest BCUT2D eigenvalue weighted by Crippen LogP contribution is -2.21. The Balaban J connectivity index is 2.03. The molecule has 0 heterocycles. The summed E-state index contributed by atoms with van der Waals surface area (Å²) in [6, 6.07) is 6.31. The van der Waals surface area contributed by atoms with Crippen LogP contribution in [-0.2, 0) is 9.53 Å². The Kier molecular flexibility index (Phi) is 6.06. The van der Waals surface area contributed by atoms with Gasteiger partial charge in [-0.05, 0) is 24.3 Å². The first-order valence-electron chi connectivity index (χ1n) is 6.87. The number of carbonyl (C=O) groups excluding carboxylic acids is 2. The summed E-state index contributed by atoms with van der Waals surface area (Å²) in [7, 11) is 1.34. The van der Waals surface area contributed by atoms with E-state index in [1.54, 1.807) is 0 Å². The van der Waals surface area contributed by atoms with E-state index in [-0.39, 0.29) is 32.7 Å². The number of anilines is 2. The molecule has 1 amide bonds. The van der Waals surface area contributed by atoms with Crippen molar-refractivity contribution < 1.29 is 23.5 Å². The zero-order valence-electron chi connectivity index (χ0n) is 12.9. The van der Waals surface area contributed by atoms with Crippen LogP contribution in [0.5, 0.6) is 5.75 Å². The number of nitrogens with two attached hydrogens (primary N) is 1. The van der Waals surface area contributed by atoms with Gasteiger partial charge >= 0.3 is 5.97 Å². The number of hydrogen-bond donors (Lipinski definition) is 2. The molecule has 0 aliphatic heterocycles. The van der Waals surface area contributed by atoms with Gasteiger partial charge in [-0.25, -0.2) is 9.18 Å². The Morgan fingerprint density at radius 3 is 2.64 bits per heavy atom. The molecule has 0 spiro atoms. The van der Waals surface area contributed by atoms with Gasteiger partial charge in [-0.3, -0.25) is 4.79 Å². The van der Waals surface area contributed by atoms with Crippen molar-refractivity contribution in [2.75, 3.05) is 24.8 Å². The summed E-state index contributed by atoms with van der Waals surface area (Å²) in [6.45, 7) is -0.643. The molecule has 0 saturated carbocycles. The van der Waals surface area contributed by atoms with E-state index >= 15 is 0 Å². The molecule has 0 radical (unpaired) electrons. The van der Waals surface area contributed by atoms with E-state index in [1.165, 1.54) is 31.4 Å². The van der Waals surface area contributed by atoms with Crippen LogP contribution < -0.4 is 15.8 Å². The van der Waals surface area contributed by atoms with Crippen LogP contribution in [0.25, 0.3) is 0 Å². The summed E-state index contributed by atoms with van der Waals surface area (Å²) in [5.41, 5.74) is 5.73. The number of rotatable bonds is 5. The molecule has 0 unspecified atom stereocenters. The molecule has 0 aliphatic rings. The fourth-order valence-corrected chi connectivity index (χ4v) is 2.22. The number of nitrogen functional groups attached to an aromatic ring is 1.